The Labute approximate surface area is 213 Å². The van der Waals surface area contributed by atoms with Gasteiger partial charge in [-0.05, 0) is 51.3 Å². The third kappa shape index (κ3) is 10.1. The van der Waals surface area contributed by atoms with E-state index in [4.69, 9.17) is 23.3 Å². The number of benzene rings is 1. The molecule has 0 saturated carbocycles. The lowest BCUT2D eigenvalue weighted by Gasteiger charge is -2.30. The maximum atomic E-state index is 13.6. The van der Waals surface area contributed by atoms with Crippen LogP contribution in [0, 0.1) is 24.8 Å². The van der Waals surface area contributed by atoms with Crippen molar-refractivity contribution in [3.8, 4) is 24.8 Å². The maximum Gasteiger partial charge on any atom is 0.408 e. The van der Waals surface area contributed by atoms with Crippen LogP contribution in [0.25, 0.3) is 0 Å². The zero-order valence-electron chi connectivity index (χ0n) is 21.4. The summed E-state index contributed by atoms with van der Waals surface area (Å²) in [7, 11) is 0. The van der Waals surface area contributed by atoms with Crippen LogP contribution >= 0.6 is 0 Å². The lowest BCUT2D eigenvalue weighted by atomic mass is 10.0. The van der Waals surface area contributed by atoms with Crippen molar-refractivity contribution in [2.45, 2.75) is 77.5 Å². The van der Waals surface area contributed by atoms with Crippen molar-refractivity contribution in [3.63, 3.8) is 0 Å². The molecule has 1 rings (SSSR count). The highest BCUT2D eigenvalue weighted by Crippen LogP contribution is 2.23. The topological polar surface area (TPSA) is 131 Å². The predicted octanol–water partition coefficient (Wildman–Crippen LogP) is 2.59. The van der Waals surface area contributed by atoms with Gasteiger partial charge in [-0.25, -0.2) is 4.79 Å². The van der Waals surface area contributed by atoms with E-state index < -0.39 is 41.5 Å². The van der Waals surface area contributed by atoms with Crippen molar-refractivity contribution >= 4 is 23.8 Å². The van der Waals surface area contributed by atoms with Crippen LogP contribution in [-0.2, 0) is 19.1 Å². The highest BCUT2D eigenvalue weighted by molar-refractivity contribution is 5.93. The Kier molecular flexibility index (Phi) is 12.0. The average molecular weight is 497 g/mol. The first-order valence-electron chi connectivity index (χ1n) is 11.8. The van der Waals surface area contributed by atoms with Gasteiger partial charge < -0.3 is 21.1 Å². The number of ether oxygens (including phenoxy) is 1. The summed E-state index contributed by atoms with van der Waals surface area (Å²) < 4.78 is 5.25. The number of amides is 4. The van der Waals surface area contributed by atoms with E-state index in [9.17, 15) is 19.2 Å². The van der Waals surface area contributed by atoms with E-state index in [0.29, 0.717) is 17.7 Å². The van der Waals surface area contributed by atoms with Crippen molar-refractivity contribution < 1.29 is 23.9 Å². The highest BCUT2D eigenvalue weighted by atomic mass is 16.6. The minimum Gasteiger partial charge on any atom is -0.444 e. The third-order valence-corrected chi connectivity index (χ3v) is 5.02. The molecule has 194 valence electrons. The molecule has 0 bridgehead atoms. The van der Waals surface area contributed by atoms with Crippen molar-refractivity contribution in [2.75, 3.05) is 6.54 Å². The Balaban J connectivity index is 3.33. The Morgan fingerprint density at radius 1 is 1.11 bits per heavy atom. The third-order valence-electron chi connectivity index (χ3n) is 5.02. The minimum atomic E-state index is -1.26. The van der Waals surface area contributed by atoms with Gasteiger partial charge in [-0.3, -0.25) is 19.3 Å². The number of primary amides is 1. The molecule has 9 heteroatoms. The second kappa shape index (κ2) is 14.4. The quantitative estimate of drug-likeness (QED) is 0.233. The number of terminal acetylenes is 2. The highest BCUT2D eigenvalue weighted by Gasteiger charge is 2.35. The Bertz CT molecular complexity index is 999. The Morgan fingerprint density at radius 3 is 2.25 bits per heavy atom. The molecular weight excluding hydrogens is 460 g/mol. The maximum absolute atomic E-state index is 13.6. The number of alkyl carbamates (subject to hydrolysis) is 1. The van der Waals surface area contributed by atoms with E-state index in [1.54, 1.807) is 45.0 Å². The molecule has 0 saturated heterocycles. The number of nitrogens with two attached hydrogens (primary N) is 1. The predicted molar refractivity (Wildman–Crippen MR) is 137 cm³/mol. The fraction of sp³-hybridized carbons (Fsp3) is 0.481. The zero-order valence-corrected chi connectivity index (χ0v) is 21.4. The van der Waals surface area contributed by atoms with Crippen LogP contribution in [0.15, 0.2) is 24.3 Å². The van der Waals surface area contributed by atoms with Gasteiger partial charge >= 0.3 is 6.09 Å². The normalized spacial score (nSPS) is 12.3. The van der Waals surface area contributed by atoms with E-state index in [1.807, 2.05) is 6.92 Å². The second-order valence-corrected chi connectivity index (χ2v) is 9.21. The molecule has 0 spiro atoms. The summed E-state index contributed by atoms with van der Waals surface area (Å²) in [6.07, 6.45) is 12.6. The van der Waals surface area contributed by atoms with E-state index in [0.717, 1.165) is 24.2 Å². The standard InChI is InChI=1S/C27H36N4O5/c1-7-10-11-18-29-24(33)23(20-14-12-19(8-2)13-15-20)31(9-3)25(34)21(16-17-22(28)32)30-26(35)36-27(4,5)6/h2-3,12-15,21,23H,7,10-11,16-18H2,1,4-6H3,(H2,28,32)(H,29,33)(H,30,35). The monoisotopic (exact) mass is 496 g/mol. The van der Waals surface area contributed by atoms with E-state index in [-0.39, 0.29) is 12.8 Å². The SMILES string of the molecule is C#Cc1ccc(C(C(=O)NCCCCC)N(C#C)C(=O)C(CCC(N)=O)NC(=O)OC(C)(C)C)cc1. The van der Waals surface area contributed by atoms with Gasteiger partial charge in [-0.2, -0.15) is 0 Å². The van der Waals surface area contributed by atoms with Crippen LogP contribution < -0.4 is 16.4 Å². The Morgan fingerprint density at radius 2 is 1.75 bits per heavy atom. The van der Waals surface area contributed by atoms with Crippen LogP contribution in [0.4, 0.5) is 4.79 Å². The first-order chi connectivity index (χ1) is 16.9. The van der Waals surface area contributed by atoms with E-state index >= 15 is 0 Å². The van der Waals surface area contributed by atoms with Crippen LogP contribution in [0.3, 0.4) is 0 Å². The summed E-state index contributed by atoms with van der Waals surface area (Å²) >= 11 is 0. The molecule has 0 aromatic heterocycles. The van der Waals surface area contributed by atoms with Gasteiger partial charge in [-0.1, -0.05) is 44.2 Å². The van der Waals surface area contributed by atoms with Crippen molar-refractivity contribution in [1.29, 1.82) is 0 Å². The molecule has 2 atom stereocenters. The number of nitrogens with one attached hydrogen (secondary N) is 2. The molecule has 0 heterocycles. The van der Waals surface area contributed by atoms with Crippen molar-refractivity contribution in [1.82, 2.24) is 15.5 Å². The lowest BCUT2D eigenvalue weighted by Crippen LogP contribution is -2.51. The van der Waals surface area contributed by atoms with Crippen LogP contribution in [0.5, 0.6) is 0 Å². The van der Waals surface area contributed by atoms with Gasteiger partial charge in [0.2, 0.25) is 11.8 Å². The number of nitrogens with zero attached hydrogens (tertiary/aromatic N) is 1. The largest absolute Gasteiger partial charge is 0.444 e. The first kappa shape index (κ1) is 30.1. The molecule has 4 amide bonds. The summed E-state index contributed by atoms with van der Waals surface area (Å²) in [6, 6.07) is 6.31. The smallest absolute Gasteiger partial charge is 0.408 e. The molecule has 0 aliphatic rings. The molecule has 0 aliphatic carbocycles. The van der Waals surface area contributed by atoms with Crippen molar-refractivity contribution in [3.05, 3.63) is 35.4 Å². The molecule has 4 N–H and O–H groups in total. The van der Waals surface area contributed by atoms with E-state index in [1.165, 1.54) is 0 Å². The molecular formula is C27H36N4O5. The first-order valence-corrected chi connectivity index (χ1v) is 11.8. The number of unbranched alkanes of at least 4 members (excludes halogenated alkanes) is 2. The van der Waals surface area contributed by atoms with Gasteiger partial charge in [0.15, 0.2) is 0 Å². The van der Waals surface area contributed by atoms with Gasteiger partial charge in [0, 0.05) is 24.6 Å². The summed E-state index contributed by atoms with van der Waals surface area (Å²) in [5.74, 6) is 0.577. The minimum absolute atomic E-state index is 0.132. The lowest BCUT2D eigenvalue weighted by molar-refractivity contribution is -0.138. The number of carbonyl (C=O) groups is 4. The number of hydrogen-bond acceptors (Lipinski definition) is 5. The zero-order chi connectivity index (χ0) is 27.3. The molecule has 1 aromatic carbocycles. The number of rotatable bonds is 12. The molecule has 36 heavy (non-hydrogen) atoms. The van der Waals surface area contributed by atoms with Crippen LogP contribution in [-0.4, -0.2) is 46.9 Å². The molecule has 0 aliphatic heterocycles. The fourth-order valence-corrected chi connectivity index (χ4v) is 3.29. The Hall–Kier alpha value is -3.98. The summed E-state index contributed by atoms with van der Waals surface area (Å²) in [5, 5.41) is 5.27. The number of carbonyl (C=O) groups excluding carboxylic acids is 4. The second-order valence-electron chi connectivity index (χ2n) is 9.21. The van der Waals surface area contributed by atoms with Crippen molar-refractivity contribution in [2.24, 2.45) is 5.73 Å². The van der Waals surface area contributed by atoms with Gasteiger partial charge in [-0.15, -0.1) is 6.42 Å². The molecule has 0 fully saturated rings. The van der Waals surface area contributed by atoms with E-state index in [2.05, 4.69) is 22.6 Å². The fourth-order valence-electron chi connectivity index (χ4n) is 3.29. The average Bonchev–Trinajstić information content (AvgIpc) is 2.81. The summed E-state index contributed by atoms with van der Waals surface area (Å²) in [5.41, 5.74) is 5.45. The summed E-state index contributed by atoms with van der Waals surface area (Å²) in [6.45, 7) is 7.44. The van der Waals surface area contributed by atoms with Crippen LogP contribution in [0.1, 0.15) is 77.0 Å². The molecule has 2 unspecified atom stereocenters. The van der Waals surface area contributed by atoms with Crippen LogP contribution in [0.2, 0.25) is 0 Å². The van der Waals surface area contributed by atoms with Gasteiger partial charge in [0.25, 0.3) is 5.91 Å². The van der Waals surface area contributed by atoms with Gasteiger partial charge in [0.1, 0.15) is 17.7 Å². The molecule has 0 radical (unpaired) electrons. The summed E-state index contributed by atoms with van der Waals surface area (Å²) in [4.78, 5) is 51.5. The molecule has 1 aromatic rings. The molecule has 9 nitrogen and oxygen atoms in total. The van der Waals surface area contributed by atoms with Gasteiger partial charge in [0.05, 0.1) is 0 Å². The number of hydrogen-bond donors (Lipinski definition) is 3.